The second-order valence-electron chi connectivity index (χ2n) is 9.56. The van der Waals surface area contributed by atoms with E-state index in [4.69, 9.17) is 9.47 Å². The molecule has 0 saturated carbocycles. The van der Waals surface area contributed by atoms with Gasteiger partial charge in [0.15, 0.2) is 0 Å². The lowest BCUT2D eigenvalue weighted by Gasteiger charge is -2.17. The van der Waals surface area contributed by atoms with Crippen molar-refractivity contribution in [1.29, 1.82) is 0 Å². The Hall–Kier alpha value is -0.910. The molecule has 10 heteroatoms. The number of rotatable bonds is 15. The summed E-state index contributed by atoms with van der Waals surface area (Å²) in [4.78, 5) is 18.6. The monoisotopic (exact) mass is 779 g/mol. The molecule has 6 nitrogen and oxygen atoms in total. The quantitative estimate of drug-likeness (QED) is 0.143. The lowest BCUT2D eigenvalue weighted by Crippen LogP contribution is -2.26. The molecule has 0 aromatic heterocycles. The maximum absolute atomic E-state index is 12.6. The molecule has 2 aromatic rings. The number of nitrogens with zero attached hydrogens (tertiary/aromatic N) is 3. The van der Waals surface area contributed by atoms with E-state index in [2.05, 4.69) is 99.7 Å². The third-order valence-electron chi connectivity index (χ3n) is 5.60. The number of hydrogen-bond donors (Lipinski definition) is 0. The number of hydrogen-bond acceptors (Lipinski definition) is 5. The first kappa shape index (κ1) is 33.3. The Labute approximate surface area is 261 Å². The van der Waals surface area contributed by atoms with E-state index in [1.54, 1.807) is 18.0 Å². The highest BCUT2D eigenvalue weighted by molar-refractivity contribution is 9.11. The Morgan fingerprint density at radius 1 is 0.737 bits per heavy atom. The SMILES string of the molecule is CN(C)CCCOc1c(Br)cc(C=CC(=O)N(C)CCCOc2c(Br)cc(CCN(C)C)cc2Br)cc1Br. The zero-order valence-corrected chi connectivity index (χ0v) is 29.0. The number of carbonyl (C=O) groups is 1. The largest absolute Gasteiger partial charge is 0.491 e. The van der Waals surface area contributed by atoms with Crippen LogP contribution in [0.2, 0.25) is 0 Å². The number of amides is 1. The maximum Gasteiger partial charge on any atom is 0.246 e. The Kier molecular flexibility index (Phi) is 14.9. The third-order valence-corrected chi connectivity index (χ3v) is 7.96. The molecule has 0 radical (unpaired) electrons. The smallest absolute Gasteiger partial charge is 0.246 e. The van der Waals surface area contributed by atoms with Gasteiger partial charge < -0.3 is 24.2 Å². The molecule has 210 valence electrons. The van der Waals surface area contributed by atoms with Gasteiger partial charge in [-0.3, -0.25) is 4.79 Å². The highest BCUT2D eigenvalue weighted by atomic mass is 79.9. The van der Waals surface area contributed by atoms with Crippen molar-refractivity contribution in [2.24, 2.45) is 0 Å². The molecule has 0 aliphatic carbocycles. The van der Waals surface area contributed by atoms with Gasteiger partial charge in [-0.1, -0.05) is 0 Å². The van der Waals surface area contributed by atoms with Crippen LogP contribution in [0.3, 0.4) is 0 Å². The Bertz CT molecular complexity index is 1050. The van der Waals surface area contributed by atoms with E-state index in [-0.39, 0.29) is 5.91 Å². The molecule has 0 aliphatic rings. The number of benzene rings is 2. The summed E-state index contributed by atoms with van der Waals surface area (Å²) in [6.07, 6.45) is 6.03. The van der Waals surface area contributed by atoms with Crippen molar-refractivity contribution < 1.29 is 14.3 Å². The summed E-state index contributed by atoms with van der Waals surface area (Å²) in [5.41, 5.74) is 2.14. The number of carbonyl (C=O) groups excluding carboxylic acids is 1. The summed E-state index contributed by atoms with van der Waals surface area (Å²) in [5.74, 6) is 1.49. The van der Waals surface area contributed by atoms with Crippen molar-refractivity contribution in [2.45, 2.75) is 19.3 Å². The van der Waals surface area contributed by atoms with Gasteiger partial charge in [0.1, 0.15) is 11.5 Å². The Morgan fingerprint density at radius 2 is 1.21 bits per heavy atom. The minimum absolute atomic E-state index is 0.0612. The second-order valence-corrected chi connectivity index (χ2v) is 13.0. The van der Waals surface area contributed by atoms with Crippen LogP contribution in [0.25, 0.3) is 6.08 Å². The minimum Gasteiger partial charge on any atom is -0.491 e. The van der Waals surface area contributed by atoms with E-state index < -0.39 is 0 Å². The van der Waals surface area contributed by atoms with E-state index >= 15 is 0 Å². The highest BCUT2D eigenvalue weighted by Gasteiger charge is 2.12. The molecule has 0 aliphatic heterocycles. The van der Waals surface area contributed by atoms with Crippen LogP contribution in [0.15, 0.2) is 48.2 Å². The molecule has 38 heavy (non-hydrogen) atoms. The fourth-order valence-electron chi connectivity index (χ4n) is 3.50. The average molecular weight is 783 g/mol. The van der Waals surface area contributed by atoms with E-state index in [1.165, 1.54) is 5.56 Å². The molecule has 1 amide bonds. The van der Waals surface area contributed by atoms with Gasteiger partial charge in [0, 0.05) is 32.8 Å². The highest BCUT2D eigenvalue weighted by Crippen LogP contribution is 2.36. The van der Waals surface area contributed by atoms with Gasteiger partial charge in [0.2, 0.25) is 5.91 Å². The van der Waals surface area contributed by atoms with Crippen LogP contribution >= 0.6 is 63.7 Å². The number of likely N-dealkylation sites (N-methyl/N-ethyl adjacent to an activating group) is 2. The first-order valence-corrected chi connectivity index (χ1v) is 15.6. The molecule has 0 unspecified atom stereocenters. The van der Waals surface area contributed by atoms with Crippen LogP contribution in [0.5, 0.6) is 11.5 Å². The third kappa shape index (κ3) is 11.7. The Morgan fingerprint density at radius 3 is 1.71 bits per heavy atom. The van der Waals surface area contributed by atoms with Gasteiger partial charge in [-0.15, -0.1) is 0 Å². The lowest BCUT2D eigenvalue weighted by molar-refractivity contribution is -0.124. The molecular formula is C28H37Br4N3O3. The van der Waals surface area contributed by atoms with Crippen molar-refractivity contribution in [3.63, 3.8) is 0 Å². The second kappa shape index (κ2) is 17.0. The lowest BCUT2D eigenvalue weighted by atomic mass is 10.1. The van der Waals surface area contributed by atoms with Crippen LogP contribution in [0.4, 0.5) is 0 Å². The van der Waals surface area contributed by atoms with Gasteiger partial charge in [-0.2, -0.15) is 0 Å². The topological polar surface area (TPSA) is 45.3 Å². The van der Waals surface area contributed by atoms with Gasteiger partial charge >= 0.3 is 0 Å². The van der Waals surface area contributed by atoms with E-state index in [1.807, 2.05) is 32.3 Å². The van der Waals surface area contributed by atoms with Crippen LogP contribution in [0.1, 0.15) is 24.0 Å². The summed E-state index contributed by atoms with van der Waals surface area (Å²) in [6, 6.07) is 8.10. The molecule has 0 bridgehead atoms. The van der Waals surface area contributed by atoms with Crippen LogP contribution in [-0.4, -0.2) is 88.7 Å². The minimum atomic E-state index is -0.0612. The first-order valence-electron chi connectivity index (χ1n) is 12.4. The molecule has 0 atom stereocenters. The predicted molar refractivity (Wildman–Crippen MR) is 171 cm³/mol. The van der Waals surface area contributed by atoms with Crippen molar-refractivity contribution in [1.82, 2.24) is 14.7 Å². The first-order chi connectivity index (χ1) is 18.0. The fraction of sp³-hybridized carbons (Fsp3) is 0.464. The van der Waals surface area contributed by atoms with Crippen molar-refractivity contribution >= 4 is 75.7 Å². The predicted octanol–water partition coefficient (Wildman–Crippen LogP) is 7.11. The normalized spacial score (nSPS) is 11.6. The summed E-state index contributed by atoms with van der Waals surface area (Å²) in [7, 11) is 10.0. The molecule has 2 rings (SSSR count). The number of halogens is 4. The van der Waals surface area contributed by atoms with Crippen molar-refractivity contribution in [3.05, 3.63) is 59.4 Å². The molecule has 0 spiro atoms. The molecule has 2 aromatic carbocycles. The Balaban J connectivity index is 1.83. The fourth-order valence-corrected chi connectivity index (χ4v) is 6.46. The van der Waals surface area contributed by atoms with E-state index in [0.717, 1.165) is 60.9 Å². The zero-order chi connectivity index (χ0) is 28.2. The maximum atomic E-state index is 12.6. The van der Waals surface area contributed by atoms with Crippen LogP contribution in [-0.2, 0) is 11.2 Å². The standard InChI is InChI=1S/C28H37Br4N3O3/c1-33(2)11-6-14-37-27-22(29)16-20(17-23(27)30)8-9-26(36)35(5)12-7-15-38-28-24(31)18-21(19-25(28)32)10-13-34(3)4/h8-9,16-19H,6-7,10-15H2,1-5H3. The average Bonchev–Trinajstić information content (AvgIpc) is 2.83. The summed E-state index contributed by atoms with van der Waals surface area (Å²) < 4.78 is 15.5. The molecule has 0 N–H and O–H groups in total. The van der Waals surface area contributed by atoms with Gasteiger partial charge in [-0.05, 0) is 153 Å². The van der Waals surface area contributed by atoms with Gasteiger partial charge in [0.05, 0.1) is 31.1 Å². The molecule has 0 saturated heterocycles. The van der Waals surface area contributed by atoms with E-state index in [0.29, 0.717) is 26.2 Å². The summed E-state index contributed by atoms with van der Waals surface area (Å²) in [6.45, 7) is 3.68. The molecule has 0 heterocycles. The summed E-state index contributed by atoms with van der Waals surface area (Å²) in [5, 5.41) is 0. The van der Waals surface area contributed by atoms with E-state index in [9.17, 15) is 4.79 Å². The van der Waals surface area contributed by atoms with Crippen molar-refractivity contribution in [2.75, 3.05) is 68.1 Å². The molecular weight excluding hydrogens is 746 g/mol. The number of ether oxygens (including phenoxy) is 2. The van der Waals surface area contributed by atoms with Gasteiger partial charge in [0.25, 0.3) is 0 Å². The van der Waals surface area contributed by atoms with Crippen LogP contribution in [0, 0.1) is 0 Å². The summed E-state index contributed by atoms with van der Waals surface area (Å²) >= 11 is 14.4. The van der Waals surface area contributed by atoms with Gasteiger partial charge in [-0.25, -0.2) is 0 Å². The van der Waals surface area contributed by atoms with Crippen molar-refractivity contribution in [3.8, 4) is 11.5 Å². The molecule has 0 fully saturated rings. The van der Waals surface area contributed by atoms with Crippen LogP contribution < -0.4 is 9.47 Å². The zero-order valence-electron chi connectivity index (χ0n) is 22.7.